The first kappa shape index (κ1) is 18.9. The molecular formula is C19H19N3O4S. The summed E-state index contributed by atoms with van der Waals surface area (Å²) < 4.78 is 0. The van der Waals surface area contributed by atoms with Crippen molar-refractivity contribution < 1.29 is 14.5 Å². The van der Waals surface area contributed by atoms with Crippen LogP contribution >= 0.6 is 11.8 Å². The highest BCUT2D eigenvalue weighted by Crippen LogP contribution is 2.30. The van der Waals surface area contributed by atoms with Crippen LogP contribution in [0.5, 0.6) is 0 Å². The molecule has 0 heterocycles. The Labute approximate surface area is 160 Å². The normalized spacial score (nSPS) is 14.3. The first-order chi connectivity index (χ1) is 12.9. The third-order valence-corrected chi connectivity index (χ3v) is 5.21. The molecule has 1 unspecified atom stereocenters. The van der Waals surface area contributed by atoms with Gasteiger partial charge in [-0.1, -0.05) is 0 Å². The molecule has 1 fully saturated rings. The Hall–Kier alpha value is -2.87. The molecule has 0 radical (unpaired) electrons. The molecule has 1 atom stereocenters. The molecule has 7 nitrogen and oxygen atoms in total. The average Bonchev–Trinajstić information content (AvgIpc) is 3.49. The smallest absolute Gasteiger partial charge is 0.269 e. The van der Waals surface area contributed by atoms with Gasteiger partial charge in [0.25, 0.3) is 5.69 Å². The molecule has 1 saturated carbocycles. The van der Waals surface area contributed by atoms with Gasteiger partial charge in [0.05, 0.1) is 10.2 Å². The molecule has 1 aliphatic carbocycles. The Kier molecular flexibility index (Phi) is 5.75. The number of benzene rings is 2. The van der Waals surface area contributed by atoms with E-state index in [2.05, 4.69) is 10.6 Å². The van der Waals surface area contributed by atoms with Gasteiger partial charge in [0.1, 0.15) is 0 Å². The Morgan fingerprint density at radius 2 is 1.59 bits per heavy atom. The summed E-state index contributed by atoms with van der Waals surface area (Å²) >= 11 is 1.32. The van der Waals surface area contributed by atoms with Gasteiger partial charge in [-0.3, -0.25) is 19.7 Å². The van der Waals surface area contributed by atoms with E-state index in [-0.39, 0.29) is 28.7 Å². The van der Waals surface area contributed by atoms with E-state index in [1.54, 1.807) is 43.3 Å². The fraction of sp³-hybridized carbons (Fsp3) is 0.263. The van der Waals surface area contributed by atoms with E-state index in [1.807, 2.05) is 0 Å². The van der Waals surface area contributed by atoms with E-state index in [1.165, 1.54) is 23.9 Å². The molecule has 0 saturated heterocycles. The zero-order valence-electron chi connectivity index (χ0n) is 14.7. The van der Waals surface area contributed by atoms with Crippen LogP contribution in [0.25, 0.3) is 0 Å². The third kappa shape index (κ3) is 5.30. The molecule has 8 heteroatoms. The molecule has 140 valence electrons. The van der Waals surface area contributed by atoms with Gasteiger partial charge in [-0.15, -0.1) is 11.8 Å². The Balaban J connectivity index is 1.52. The van der Waals surface area contributed by atoms with Gasteiger partial charge in [-0.2, -0.15) is 0 Å². The zero-order chi connectivity index (χ0) is 19.4. The van der Waals surface area contributed by atoms with Crippen molar-refractivity contribution in [2.75, 3.05) is 10.6 Å². The van der Waals surface area contributed by atoms with E-state index >= 15 is 0 Å². The van der Waals surface area contributed by atoms with E-state index < -0.39 is 4.92 Å². The fourth-order valence-electron chi connectivity index (χ4n) is 2.37. The summed E-state index contributed by atoms with van der Waals surface area (Å²) in [6.45, 7) is 1.77. The zero-order valence-corrected chi connectivity index (χ0v) is 15.5. The quantitative estimate of drug-likeness (QED) is 0.425. The van der Waals surface area contributed by atoms with Crippen molar-refractivity contribution in [2.24, 2.45) is 5.92 Å². The lowest BCUT2D eigenvalue weighted by atomic mass is 10.2. The summed E-state index contributed by atoms with van der Waals surface area (Å²) in [7, 11) is 0. The summed E-state index contributed by atoms with van der Waals surface area (Å²) in [5.74, 6) is 0.00898. The van der Waals surface area contributed by atoms with Crippen molar-refractivity contribution in [3.63, 3.8) is 0 Å². The van der Waals surface area contributed by atoms with Crippen LogP contribution in [-0.4, -0.2) is 22.0 Å². The van der Waals surface area contributed by atoms with Crippen molar-refractivity contribution >= 4 is 40.6 Å². The molecular weight excluding hydrogens is 366 g/mol. The lowest BCUT2D eigenvalue weighted by molar-refractivity contribution is -0.384. The second-order valence-corrected chi connectivity index (χ2v) is 7.76. The summed E-state index contributed by atoms with van der Waals surface area (Å²) in [5, 5.41) is 16.0. The predicted octanol–water partition coefficient (Wildman–Crippen LogP) is 4.06. The monoisotopic (exact) mass is 385 g/mol. The highest BCUT2D eigenvalue weighted by atomic mass is 32.2. The number of non-ortho nitro benzene ring substituents is 1. The molecule has 1 aliphatic rings. The fourth-order valence-corrected chi connectivity index (χ4v) is 3.24. The van der Waals surface area contributed by atoms with Crippen molar-refractivity contribution in [1.29, 1.82) is 0 Å². The summed E-state index contributed by atoms with van der Waals surface area (Å²) in [6, 6.07) is 13.1. The molecule has 2 aromatic rings. The maximum atomic E-state index is 12.3. The molecule has 0 aliphatic heterocycles. The van der Waals surface area contributed by atoms with Crippen molar-refractivity contribution in [1.82, 2.24) is 0 Å². The van der Waals surface area contributed by atoms with Gasteiger partial charge in [0.15, 0.2) is 0 Å². The van der Waals surface area contributed by atoms with Crippen LogP contribution in [-0.2, 0) is 9.59 Å². The number of rotatable bonds is 7. The minimum atomic E-state index is -0.457. The Bertz CT molecular complexity index is 848. The number of nitro benzene ring substituents is 1. The van der Waals surface area contributed by atoms with Crippen LogP contribution < -0.4 is 10.6 Å². The number of carbonyl (C=O) groups excluding carboxylic acids is 2. The number of carbonyl (C=O) groups is 2. The molecule has 0 spiro atoms. The van der Waals surface area contributed by atoms with Gasteiger partial charge in [-0.05, 0) is 56.2 Å². The molecule has 27 heavy (non-hydrogen) atoms. The molecule has 0 bridgehead atoms. The summed E-state index contributed by atoms with van der Waals surface area (Å²) in [6.07, 6.45) is 1.90. The minimum Gasteiger partial charge on any atom is -0.326 e. The van der Waals surface area contributed by atoms with Crippen LogP contribution in [0.2, 0.25) is 0 Å². The van der Waals surface area contributed by atoms with Crippen LogP contribution in [0.3, 0.4) is 0 Å². The maximum absolute atomic E-state index is 12.3. The Morgan fingerprint density at radius 3 is 2.11 bits per heavy atom. The number of nitro groups is 1. The van der Waals surface area contributed by atoms with Crippen LogP contribution in [0.4, 0.5) is 17.1 Å². The minimum absolute atomic E-state index is 0.0188. The number of anilines is 2. The van der Waals surface area contributed by atoms with Crippen LogP contribution in [0.15, 0.2) is 53.4 Å². The lowest BCUT2D eigenvalue weighted by Crippen LogP contribution is -2.22. The van der Waals surface area contributed by atoms with E-state index in [0.29, 0.717) is 11.4 Å². The van der Waals surface area contributed by atoms with Gasteiger partial charge in [0, 0.05) is 34.3 Å². The molecule has 3 rings (SSSR count). The first-order valence-corrected chi connectivity index (χ1v) is 9.43. The van der Waals surface area contributed by atoms with Gasteiger partial charge in [-0.25, -0.2) is 0 Å². The number of thioether (sulfide) groups is 1. The third-order valence-electron chi connectivity index (χ3n) is 4.10. The number of nitrogens with one attached hydrogen (secondary N) is 2. The Morgan fingerprint density at radius 1 is 1.04 bits per heavy atom. The number of hydrogen-bond donors (Lipinski definition) is 2. The topological polar surface area (TPSA) is 101 Å². The van der Waals surface area contributed by atoms with Crippen LogP contribution in [0.1, 0.15) is 19.8 Å². The molecule has 0 aromatic heterocycles. The molecule has 2 amide bonds. The van der Waals surface area contributed by atoms with Gasteiger partial charge in [0.2, 0.25) is 11.8 Å². The second kappa shape index (κ2) is 8.22. The SMILES string of the molecule is CC(Sc1ccc([N+](=O)[O-])cc1)C(=O)Nc1ccc(NC(=O)C2CC2)cc1. The molecule has 2 N–H and O–H groups in total. The summed E-state index contributed by atoms with van der Waals surface area (Å²) in [4.78, 5) is 35.1. The van der Waals surface area contributed by atoms with E-state index in [9.17, 15) is 19.7 Å². The largest absolute Gasteiger partial charge is 0.326 e. The number of amides is 2. The maximum Gasteiger partial charge on any atom is 0.269 e. The highest BCUT2D eigenvalue weighted by Gasteiger charge is 2.29. The highest BCUT2D eigenvalue weighted by molar-refractivity contribution is 8.00. The van der Waals surface area contributed by atoms with Crippen LogP contribution in [0, 0.1) is 16.0 Å². The van der Waals surface area contributed by atoms with Gasteiger partial charge >= 0.3 is 0 Å². The van der Waals surface area contributed by atoms with Crippen molar-refractivity contribution in [3.05, 3.63) is 58.6 Å². The van der Waals surface area contributed by atoms with Gasteiger partial charge < -0.3 is 10.6 Å². The number of nitrogens with zero attached hydrogens (tertiary/aromatic N) is 1. The second-order valence-electron chi connectivity index (χ2n) is 6.34. The van der Waals surface area contributed by atoms with E-state index in [0.717, 1.165) is 17.7 Å². The average molecular weight is 385 g/mol. The predicted molar refractivity (Wildman–Crippen MR) is 105 cm³/mol. The van der Waals surface area contributed by atoms with Crippen molar-refractivity contribution in [2.45, 2.75) is 29.9 Å². The van der Waals surface area contributed by atoms with Crippen molar-refractivity contribution in [3.8, 4) is 0 Å². The summed E-state index contributed by atoms with van der Waals surface area (Å²) in [5.41, 5.74) is 1.36. The first-order valence-electron chi connectivity index (χ1n) is 8.55. The molecule has 2 aromatic carbocycles. The van der Waals surface area contributed by atoms with E-state index in [4.69, 9.17) is 0 Å². The lowest BCUT2D eigenvalue weighted by Gasteiger charge is -2.12. The number of hydrogen-bond acceptors (Lipinski definition) is 5. The standard InChI is InChI=1S/C19H19N3O4S/c1-12(27-17-10-8-16(9-11-17)22(25)26)18(23)20-14-4-6-15(7-5-14)21-19(24)13-2-3-13/h4-13H,2-3H2,1H3,(H,20,23)(H,21,24).